The van der Waals surface area contributed by atoms with Gasteiger partial charge in [0.1, 0.15) is 29.5 Å². The number of aromatic nitrogens is 1. The molecule has 26 heavy (non-hydrogen) atoms. The molecule has 0 unspecified atom stereocenters. The molecule has 136 valence electrons. The number of aliphatic imine (C=N–C) groups is 1. The van der Waals surface area contributed by atoms with Crippen LogP contribution in [0.1, 0.15) is 28.5 Å². The number of carbonyl (C=O) groups is 1. The van der Waals surface area contributed by atoms with Gasteiger partial charge in [0.2, 0.25) is 0 Å². The van der Waals surface area contributed by atoms with Crippen LogP contribution in [0.3, 0.4) is 0 Å². The first-order chi connectivity index (χ1) is 12.3. The summed E-state index contributed by atoms with van der Waals surface area (Å²) >= 11 is 0. The second kappa shape index (κ2) is 6.78. The maximum absolute atomic E-state index is 14.4. The number of nitrogens with zero attached hydrogens (tertiary/aromatic N) is 2. The van der Waals surface area contributed by atoms with Crippen molar-refractivity contribution in [3.63, 3.8) is 0 Å². The van der Waals surface area contributed by atoms with Gasteiger partial charge in [-0.1, -0.05) is 6.07 Å². The van der Waals surface area contributed by atoms with E-state index in [-0.39, 0.29) is 36.1 Å². The van der Waals surface area contributed by atoms with Crippen LogP contribution in [0.15, 0.2) is 41.5 Å². The quantitative estimate of drug-likeness (QED) is 0.848. The predicted molar refractivity (Wildman–Crippen MR) is 88.5 cm³/mol. The van der Waals surface area contributed by atoms with Gasteiger partial charge >= 0.3 is 0 Å². The number of carbonyl (C=O) groups excluding carboxylic acids is 1. The fourth-order valence-corrected chi connectivity index (χ4v) is 2.77. The van der Waals surface area contributed by atoms with Crippen molar-refractivity contribution in [2.24, 2.45) is 10.7 Å². The van der Waals surface area contributed by atoms with Gasteiger partial charge in [0, 0.05) is 12.0 Å². The Kier molecular flexibility index (Phi) is 4.67. The number of amidine groups is 1. The summed E-state index contributed by atoms with van der Waals surface area (Å²) in [4.78, 5) is 19.9. The summed E-state index contributed by atoms with van der Waals surface area (Å²) in [5.41, 5.74) is 4.47. The van der Waals surface area contributed by atoms with E-state index in [9.17, 15) is 18.0 Å². The van der Waals surface area contributed by atoms with E-state index in [1.807, 2.05) is 0 Å². The fourth-order valence-electron chi connectivity index (χ4n) is 2.77. The van der Waals surface area contributed by atoms with E-state index in [0.29, 0.717) is 5.56 Å². The number of hydrogen-bond donors (Lipinski definition) is 1. The smallest absolute Gasteiger partial charge is 0.283 e. The largest absolute Gasteiger partial charge is 0.462 e. The highest BCUT2D eigenvalue weighted by molar-refractivity contribution is 5.95. The number of nitrogens with two attached hydrogens (primary N) is 1. The Hall–Kier alpha value is -2.90. The second-order valence-corrected chi connectivity index (χ2v) is 6.15. The Morgan fingerprint density at radius 1 is 1.35 bits per heavy atom. The first kappa shape index (κ1) is 17.9. The maximum Gasteiger partial charge on any atom is 0.283 e. The van der Waals surface area contributed by atoms with Crippen molar-refractivity contribution in [2.45, 2.75) is 25.1 Å². The van der Waals surface area contributed by atoms with Gasteiger partial charge in [0.25, 0.3) is 6.02 Å². The third kappa shape index (κ3) is 3.40. The topological polar surface area (TPSA) is 77.6 Å². The molecule has 2 N–H and O–H groups in total. The number of Topliss-reactive ketones (excluding diaryl/α,β-unsaturated/α-hetero) is 1. The van der Waals surface area contributed by atoms with Crippen molar-refractivity contribution in [2.75, 3.05) is 6.61 Å². The minimum absolute atomic E-state index is 0.0198. The summed E-state index contributed by atoms with van der Waals surface area (Å²) < 4.78 is 46.5. The molecule has 0 fully saturated rings. The molecule has 0 bridgehead atoms. The maximum atomic E-state index is 14.4. The lowest BCUT2D eigenvalue weighted by molar-refractivity contribution is 0.0921. The van der Waals surface area contributed by atoms with Gasteiger partial charge in [-0.2, -0.15) is 0 Å². The Labute approximate surface area is 147 Å². The molecular weight excluding hydrogens is 347 g/mol. The number of hydrogen-bond acceptors (Lipinski definition) is 5. The van der Waals surface area contributed by atoms with Crippen LogP contribution in [0.25, 0.3) is 0 Å². The molecule has 0 amide bonds. The van der Waals surface area contributed by atoms with Gasteiger partial charge in [0.05, 0.1) is 6.20 Å². The molecule has 8 heteroatoms. The second-order valence-electron chi connectivity index (χ2n) is 6.15. The first-order valence-electron chi connectivity index (χ1n) is 7.85. The minimum Gasteiger partial charge on any atom is -0.462 e. The first-order valence-corrected chi connectivity index (χ1v) is 7.85. The van der Waals surface area contributed by atoms with Gasteiger partial charge in [-0.25, -0.2) is 18.2 Å². The van der Waals surface area contributed by atoms with Crippen LogP contribution in [0.5, 0.6) is 0 Å². The molecule has 1 aromatic carbocycles. The molecule has 1 aliphatic rings. The van der Waals surface area contributed by atoms with Crippen LogP contribution < -0.4 is 5.73 Å². The number of alkyl halides is 1. The van der Waals surface area contributed by atoms with Gasteiger partial charge in [-0.3, -0.25) is 9.78 Å². The molecule has 0 saturated heterocycles. The lowest BCUT2D eigenvalue weighted by atomic mass is 9.85. The van der Waals surface area contributed by atoms with Gasteiger partial charge in [-0.15, -0.1) is 0 Å². The van der Waals surface area contributed by atoms with Crippen LogP contribution in [0.2, 0.25) is 0 Å². The number of pyridine rings is 1. The molecule has 2 heterocycles. The van der Waals surface area contributed by atoms with E-state index in [1.165, 1.54) is 25.1 Å². The van der Waals surface area contributed by atoms with E-state index >= 15 is 0 Å². The highest BCUT2D eigenvalue weighted by atomic mass is 19.1. The average molecular weight is 363 g/mol. The fraction of sp³-hybridized carbons (Fsp3) is 0.278. The molecule has 0 radical (unpaired) electrons. The van der Waals surface area contributed by atoms with Crippen LogP contribution in [0.4, 0.5) is 13.2 Å². The molecule has 0 saturated carbocycles. The Balaban J connectivity index is 1.92. The number of rotatable bonds is 4. The summed E-state index contributed by atoms with van der Waals surface area (Å²) in [6, 6.07) is 6.12. The van der Waals surface area contributed by atoms with Crippen molar-refractivity contribution in [1.29, 1.82) is 0 Å². The van der Waals surface area contributed by atoms with Crippen molar-refractivity contribution >= 4 is 11.8 Å². The predicted octanol–water partition coefficient (Wildman–Crippen LogP) is 2.68. The summed E-state index contributed by atoms with van der Waals surface area (Å²) in [5.74, 6) is -1.59. The molecule has 3 rings (SSSR count). The molecule has 0 aliphatic carbocycles. The highest BCUT2D eigenvalue weighted by Gasteiger charge is 2.42. The zero-order valence-electron chi connectivity index (χ0n) is 13.9. The Morgan fingerprint density at radius 2 is 2.12 bits per heavy atom. The van der Waals surface area contributed by atoms with Crippen molar-refractivity contribution in [1.82, 2.24) is 4.98 Å². The molecule has 2 aromatic rings. The van der Waals surface area contributed by atoms with Crippen molar-refractivity contribution in [3.8, 4) is 0 Å². The van der Waals surface area contributed by atoms with E-state index in [4.69, 9.17) is 10.5 Å². The Bertz CT molecular complexity index is 870. The van der Waals surface area contributed by atoms with Gasteiger partial charge in [-0.05, 0) is 36.8 Å². The molecule has 5 nitrogen and oxygen atoms in total. The summed E-state index contributed by atoms with van der Waals surface area (Å²) in [5, 5.41) is 0. The van der Waals surface area contributed by atoms with Crippen molar-refractivity contribution in [3.05, 3.63) is 65.0 Å². The lowest BCUT2D eigenvalue weighted by Gasteiger charge is -2.33. The summed E-state index contributed by atoms with van der Waals surface area (Å²) in [6.07, 6.45) is -0.763. The standard InChI is InChI=1S/C18H16F3N3O2/c1-18(16(21)9-26-17(22)24-18)12-6-10(2-4-13(12)20)7-15(25)14-5-3-11(19)8-23-14/h2-6,8,16H,7,9H2,1H3,(H2,22,24)/t16-,18+/m0/s1. The Morgan fingerprint density at radius 3 is 2.81 bits per heavy atom. The van der Waals surface area contributed by atoms with Crippen LogP contribution >= 0.6 is 0 Å². The SMILES string of the molecule is C[C@]1(c2cc(CC(=O)c3ccc(F)cn3)ccc2F)N=C(N)OC[C@@H]1F. The van der Waals surface area contributed by atoms with E-state index in [1.54, 1.807) is 0 Å². The molecular formula is C18H16F3N3O2. The number of ketones is 1. The molecule has 0 spiro atoms. The molecule has 2 atom stereocenters. The van der Waals surface area contributed by atoms with E-state index in [0.717, 1.165) is 18.3 Å². The monoisotopic (exact) mass is 363 g/mol. The lowest BCUT2D eigenvalue weighted by Crippen LogP contribution is -2.43. The van der Waals surface area contributed by atoms with E-state index < -0.39 is 23.3 Å². The molecule has 1 aliphatic heterocycles. The van der Waals surface area contributed by atoms with Crippen LogP contribution in [-0.2, 0) is 16.7 Å². The van der Waals surface area contributed by atoms with Crippen LogP contribution in [0, 0.1) is 11.6 Å². The number of ether oxygens (including phenoxy) is 1. The number of benzene rings is 1. The minimum atomic E-state index is -1.60. The van der Waals surface area contributed by atoms with Crippen LogP contribution in [-0.4, -0.2) is 29.6 Å². The third-order valence-electron chi connectivity index (χ3n) is 4.28. The number of halogens is 3. The summed E-state index contributed by atoms with van der Waals surface area (Å²) in [6.45, 7) is 1.08. The zero-order chi connectivity index (χ0) is 18.9. The zero-order valence-corrected chi connectivity index (χ0v) is 13.9. The summed E-state index contributed by atoms with van der Waals surface area (Å²) in [7, 11) is 0. The van der Waals surface area contributed by atoms with Gasteiger partial charge < -0.3 is 10.5 Å². The molecule has 1 aromatic heterocycles. The highest BCUT2D eigenvalue weighted by Crippen LogP contribution is 2.36. The van der Waals surface area contributed by atoms with Gasteiger partial charge in [0.15, 0.2) is 12.0 Å². The third-order valence-corrected chi connectivity index (χ3v) is 4.28. The normalized spacial score (nSPS) is 22.5. The average Bonchev–Trinajstić information content (AvgIpc) is 2.60. The van der Waals surface area contributed by atoms with E-state index in [2.05, 4.69) is 9.98 Å². The van der Waals surface area contributed by atoms with Crippen molar-refractivity contribution < 1.29 is 22.7 Å².